The van der Waals surface area contributed by atoms with Crippen LogP contribution >= 0.6 is 0 Å². The maximum Gasteiger partial charge on any atom is 0.330 e. The Morgan fingerprint density at radius 3 is 2.42 bits per heavy atom. The number of anilines is 3. The van der Waals surface area contributed by atoms with Gasteiger partial charge in [0.05, 0.1) is 26.8 Å². The van der Waals surface area contributed by atoms with E-state index in [-0.39, 0.29) is 43.7 Å². The van der Waals surface area contributed by atoms with Crippen molar-refractivity contribution in [3.05, 3.63) is 81.0 Å². The lowest BCUT2D eigenvalue weighted by Gasteiger charge is -2.26. The van der Waals surface area contributed by atoms with E-state index in [1.165, 1.54) is 11.7 Å². The molecule has 0 bridgehead atoms. The number of nitrogens with zero attached hydrogens (tertiary/aromatic N) is 2. The number of rotatable bonds is 10. The summed E-state index contributed by atoms with van der Waals surface area (Å²) in [5.74, 6) is 0.273. The summed E-state index contributed by atoms with van der Waals surface area (Å²) in [6, 6.07) is 16.2. The fraction of sp³-hybridized carbons (Fsp3) is 0.261. The van der Waals surface area contributed by atoms with Crippen LogP contribution in [0.1, 0.15) is 5.56 Å². The van der Waals surface area contributed by atoms with Gasteiger partial charge < -0.3 is 25.4 Å². The molecule has 33 heavy (non-hydrogen) atoms. The van der Waals surface area contributed by atoms with E-state index in [0.717, 1.165) is 5.56 Å². The number of aromatic amines is 1. The van der Waals surface area contributed by atoms with Crippen LogP contribution in [0.3, 0.4) is 0 Å². The molecule has 0 spiro atoms. The van der Waals surface area contributed by atoms with Crippen LogP contribution in [0.15, 0.2) is 64.2 Å². The molecule has 0 saturated heterocycles. The Bertz CT molecular complexity index is 1190. The van der Waals surface area contributed by atoms with Crippen molar-refractivity contribution >= 4 is 23.1 Å². The molecule has 1 aromatic heterocycles. The summed E-state index contributed by atoms with van der Waals surface area (Å²) < 4.78 is 11.4. The number of hydrogen-bond donors (Lipinski definition) is 3. The van der Waals surface area contributed by atoms with E-state index in [9.17, 15) is 14.4 Å². The third-order valence-electron chi connectivity index (χ3n) is 4.97. The molecule has 3 rings (SSSR count). The molecule has 2 aromatic carbocycles. The van der Waals surface area contributed by atoms with Crippen molar-refractivity contribution in [3.63, 3.8) is 0 Å². The van der Waals surface area contributed by atoms with Gasteiger partial charge in [0.2, 0.25) is 5.91 Å². The molecule has 0 fully saturated rings. The van der Waals surface area contributed by atoms with Crippen molar-refractivity contribution < 1.29 is 14.3 Å². The molecule has 10 heteroatoms. The van der Waals surface area contributed by atoms with Crippen molar-refractivity contribution in [2.24, 2.45) is 0 Å². The average Bonchev–Trinajstić information content (AvgIpc) is 2.80. The summed E-state index contributed by atoms with van der Waals surface area (Å²) in [6.07, 6.45) is 0. The highest BCUT2D eigenvalue weighted by Gasteiger charge is 2.21. The summed E-state index contributed by atoms with van der Waals surface area (Å²) >= 11 is 0. The summed E-state index contributed by atoms with van der Waals surface area (Å²) in [7, 11) is 3.06. The number of nitrogens with one attached hydrogen (secondary N) is 2. The third-order valence-corrected chi connectivity index (χ3v) is 4.97. The van der Waals surface area contributed by atoms with Crippen LogP contribution < -0.4 is 31.9 Å². The second-order valence-corrected chi connectivity index (χ2v) is 7.26. The van der Waals surface area contributed by atoms with Gasteiger partial charge in [-0.3, -0.25) is 19.1 Å². The number of carbonyl (C=O) groups is 1. The monoisotopic (exact) mass is 453 g/mol. The lowest BCUT2D eigenvalue weighted by molar-refractivity contribution is -0.115. The van der Waals surface area contributed by atoms with Gasteiger partial charge >= 0.3 is 5.69 Å². The second kappa shape index (κ2) is 11.0. The molecular formula is C23H27N5O5. The number of methoxy groups -OCH3 is 2. The van der Waals surface area contributed by atoms with Crippen LogP contribution in [0.2, 0.25) is 0 Å². The van der Waals surface area contributed by atoms with Crippen LogP contribution in [-0.2, 0) is 22.6 Å². The molecular weight excluding hydrogens is 426 g/mol. The molecule has 0 unspecified atom stereocenters. The molecule has 0 aliphatic heterocycles. The summed E-state index contributed by atoms with van der Waals surface area (Å²) in [5.41, 5.74) is 6.42. The van der Waals surface area contributed by atoms with E-state index in [1.807, 2.05) is 30.3 Å². The molecule has 0 aliphatic rings. The van der Waals surface area contributed by atoms with E-state index in [0.29, 0.717) is 11.4 Å². The van der Waals surface area contributed by atoms with Crippen molar-refractivity contribution in [2.75, 3.05) is 43.3 Å². The Kier molecular flexibility index (Phi) is 7.87. The smallest absolute Gasteiger partial charge is 0.330 e. The van der Waals surface area contributed by atoms with E-state index in [4.69, 9.17) is 15.2 Å². The van der Waals surface area contributed by atoms with E-state index >= 15 is 0 Å². The molecule has 174 valence electrons. The molecule has 0 aliphatic carbocycles. The summed E-state index contributed by atoms with van der Waals surface area (Å²) in [4.78, 5) is 41.7. The number of H-pyrrole nitrogens is 1. The van der Waals surface area contributed by atoms with Crippen molar-refractivity contribution in [3.8, 4) is 5.75 Å². The first kappa shape index (κ1) is 23.6. The Hall–Kier alpha value is -4.05. The quantitative estimate of drug-likeness (QED) is 0.423. The standard InChI is InChI=1S/C23H27N5O5/c1-32-13-12-28-21(24)20(22(30)26-23(28)31)27(14-16-6-4-3-5-7-16)15-19(29)25-17-8-10-18(33-2)11-9-17/h3-11H,12-15,24H2,1-2H3,(H,25,29)(H,26,30,31). The molecule has 1 heterocycles. The zero-order chi connectivity index (χ0) is 23.8. The number of ether oxygens (including phenoxy) is 2. The first-order valence-corrected chi connectivity index (χ1v) is 10.3. The molecule has 3 aromatic rings. The van der Waals surface area contributed by atoms with Crippen LogP contribution in [-0.4, -0.2) is 42.8 Å². The summed E-state index contributed by atoms with van der Waals surface area (Å²) in [6.45, 7) is 0.442. The molecule has 1 amide bonds. The zero-order valence-electron chi connectivity index (χ0n) is 18.5. The predicted molar refractivity (Wildman–Crippen MR) is 127 cm³/mol. The minimum Gasteiger partial charge on any atom is -0.497 e. The van der Waals surface area contributed by atoms with Crippen LogP contribution in [0.5, 0.6) is 5.75 Å². The first-order valence-electron chi connectivity index (χ1n) is 10.3. The first-order chi connectivity index (χ1) is 15.9. The lowest BCUT2D eigenvalue weighted by Crippen LogP contribution is -2.41. The van der Waals surface area contributed by atoms with Crippen LogP contribution in [0, 0.1) is 0 Å². The molecule has 0 radical (unpaired) electrons. The Balaban J connectivity index is 1.93. The number of carbonyl (C=O) groups excluding carboxylic acids is 1. The molecule has 10 nitrogen and oxygen atoms in total. The van der Waals surface area contributed by atoms with Gasteiger partial charge in [0.25, 0.3) is 5.56 Å². The van der Waals surface area contributed by atoms with Gasteiger partial charge in [-0.25, -0.2) is 4.79 Å². The average molecular weight is 453 g/mol. The Morgan fingerprint density at radius 2 is 1.79 bits per heavy atom. The van der Waals surface area contributed by atoms with Gasteiger partial charge in [-0.05, 0) is 29.8 Å². The van der Waals surface area contributed by atoms with Gasteiger partial charge in [-0.2, -0.15) is 0 Å². The second-order valence-electron chi connectivity index (χ2n) is 7.26. The highest BCUT2D eigenvalue weighted by molar-refractivity contribution is 5.94. The van der Waals surface area contributed by atoms with Crippen molar-refractivity contribution in [2.45, 2.75) is 13.1 Å². The number of benzene rings is 2. The summed E-state index contributed by atoms with van der Waals surface area (Å²) in [5, 5.41) is 2.80. The lowest BCUT2D eigenvalue weighted by atomic mass is 10.2. The largest absolute Gasteiger partial charge is 0.497 e. The number of nitrogen functional groups attached to an aromatic ring is 1. The highest BCUT2D eigenvalue weighted by atomic mass is 16.5. The highest BCUT2D eigenvalue weighted by Crippen LogP contribution is 2.20. The molecule has 0 atom stereocenters. The van der Waals surface area contributed by atoms with E-state index < -0.39 is 11.2 Å². The number of nitrogens with two attached hydrogens (primary N) is 1. The molecule has 0 saturated carbocycles. The third kappa shape index (κ3) is 6.01. The topological polar surface area (TPSA) is 132 Å². The molecule has 4 N–H and O–H groups in total. The fourth-order valence-electron chi connectivity index (χ4n) is 3.35. The zero-order valence-corrected chi connectivity index (χ0v) is 18.5. The Morgan fingerprint density at radius 1 is 1.09 bits per heavy atom. The normalized spacial score (nSPS) is 10.6. The van der Waals surface area contributed by atoms with Crippen LogP contribution in [0.4, 0.5) is 17.2 Å². The maximum atomic E-state index is 12.9. The minimum absolute atomic E-state index is 0.0334. The number of amides is 1. The van der Waals surface area contributed by atoms with Gasteiger partial charge in [0.15, 0.2) is 0 Å². The maximum absolute atomic E-state index is 12.9. The van der Waals surface area contributed by atoms with Crippen LogP contribution in [0.25, 0.3) is 0 Å². The SMILES string of the molecule is COCCn1c(N)c(N(CC(=O)Nc2ccc(OC)cc2)Cc2ccccc2)c(=O)[nH]c1=O. The van der Waals surface area contributed by atoms with Crippen molar-refractivity contribution in [1.29, 1.82) is 0 Å². The van der Waals surface area contributed by atoms with Crippen molar-refractivity contribution in [1.82, 2.24) is 9.55 Å². The fourth-order valence-corrected chi connectivity index (χ4v) is 3.35. The number of aromatic nitrogens is 2. The van der Waals surface area contributed by atoms with E-state index in [1.54, 1.807) is 36.3 Å². The van der Waals surface area contributed by atoms with Gasteiger partial charge in [0.1, 0.15) is 17.3 Å². The van der Waals surface area contributed by atoms with Gasteiger partial charge in [-0.1, -0.05) is 30.3 Å². The Labute approximate surface area is 190 Å². The van der Waals surface area contributed by atoms with Gasteiger partial charge in [0, 0.05) is 19.3 Å². The van der Waals surface area contributed by atoms with Gasteiger partial charge in [-0.15, -0.1) is 0 Å². The predicted octanol–water partition coefficient (Wildman–Crippen LogP) is 1.42. The number of hydrogen-bond acceptors (Lipinski definition) is 7. The minimum atomic E-state index is -0.667. The van der Waals surface area contributed by atoms with E-state index in [2.05, 4.69) is 10.3 Å².